The van der Waals surface area contributed by atoms with Gasteiger partial charge in [-0.25, -0.2) is 4.98 Å². The standard InChI is InChI=1S/C25H27NO4/c1-16(25(27)28-3)21-11-9-19-15-20(10-12-22(19)21)29-14-13-23-17(2)30-24(26-23)18-7-5-4-6-8-18/h4-8,10,12,15-16,21H,9,11,13-14H2,1-3H3/t16-,21-/m1/s1. The molecule has 156 valence electrons. The molecule has 2 aromatic carbocycles. The van der Waals surface area contributed by atoms with E-state index in [-0.39, 0.29) is 17.8 Å². The Balaban J connectivity index is 1.38. The summed E-state index contributed by atoms with van der Waals surface area (Å²) in [4.78, 5) is 16.5. The first-order chi connectivity index (χ1) is 14.6. The van der Waals surface area contributed by atoms with Crippen LogP contribution in [0.5, 0.6) is 5.75 Å². The second-order valence-corrected chi connectivity index (χ2v) is 7.80. The zero-order chi connectivity index (χ0) is 21.1. The predicted molar refractivity (Wildman–Crippen MR) is 115 cm³/mol. The van der Waals surface area contributed by atoms with Gasteiger partial charge in [-0.3, -0.25) is 4.79 Å². The van der Waals surface area contributed by atoms with Crippen molar-refractivity contribution in [3.05, 3.63) is 71.1 Å². The number of nitrogens with zero attached hydrogens (tertiary/aromatic N) is 1. The molecule has 5 nitrogen and oxygen atoms in total. The van der Waals surface area contributed by atoms with Crippen LogP contribution in [0, 0.1) is 12.8 Å². The number of ether oxygens (including phenoxy) is 2. The molecule has 1 aromatic heterocycles. The fourth-order valence-corrected chi connectivity index (χ4v) is 4.22. The van der Waals surface area contributed by atoms with Crippen molar-refractivity contribution in [2.75, 3.05) is 13.7 Å². The molecule has 1 heterocycles. The highest BCUT2D eigenvalue weighted by Gasteiger charge is 2.32. The molecule has 4 rings (SSSR count). The Kier molecular flexibility index (Phi) is 5.88. The maximum absolute atomic E-state index is 11.9. The molecule has 0 spiro atoms. The summed E-state index contributed by atoms with van der Waals surface area (Å²) in [6, 6.07) is 16.1. The minimum atomic E-state index is -0.147. The summed E-state index contributed by atoms with van der Waals surface area (Å²) in [7, 11) is 1.45. The predicted octanol–water partition coefficient (Wildman–Crippen LogP) is 5.11. The van der Waals surface area contributed by atoms with Gasteiger partial charge in [0.2, 0.25) is 5.89 Å². The van der Waals surface area contributed by atoms with E-state index >= 15 is 0 Å². The van der Waals surface area contributed by atoms with Gasteiger partial charge in [-0.1, -0.05) is 31.2 Å². The molecule has 0 saturated carbocycles. The Labute approximate surface area is 177 Å². The van der Waals surface area contributed by atoms with E-state index in [1.165, 1.54) is 18.2 Å². The van der Waals surface area contributed by atoms with Crippen molar-refractivity contribution in [2.45, 2.75) is 39.0 Å². The number of methoxy groups -OCH3 is 1. The molecular formula is C25H27NO4. The Hall–Kier alpha value is -3.08. The number of aromatic nitrogens is 1. The summed E-state index contributed by atoms with van der Waals surface area (Å²) in [6.07, 6.45) is 2.61. The van der Waals surface area contributed by atoms with Gasteiger partial charge in [0.15, 0.2) is 0 Å². The van der Waals surface area contributed by atoms with Crippen LogP contribution in [-0.4, -0.2) is 24.7 Å². The van der Waals surface area contributed by atoms with Crippen LogP contribution in [-0.2, 0) is 22.4 Å². The van der Waals surface area contributed by atoms with E-state index in [1.807, 2.05) is 50.2 Å². The maximum atomic E-state index is 11.9. The molecule has 0 unspecified atom stereocenters. The summed E-state index contributed by atoms with van der Waals surface area (Å²) >= 11 is 0. The van der Waals surface area contributed by atoms with Crippen molar-refractivity contribution < 1.29 is 18.7 Å². The van der Waals surface area contributed by atoms with Gasteiger partial charge in [0.25, 0.3) is 0 Å². The number of aryl methyl sites for hydroxylation is 2. The SMILES string of the molecule is COC(=O)[C@H](C)[C@H]1CCc2cc(OCCc3nc(-c4ccccc4)oc3C)ccc21. The summed E-state index contributed by atoms with van der Waals surface area (Å²) in [5, 5.41) is 0. The van der Waals surface area contributed by atoms with Crippen molar-refractivity contribution >= 4 is 5.97 Å². The molecule has 5 heteroatoms. The van der Waals surface area contributed by atoms with Crippen molar-refractivity contribution in [1.82, 2.24) is 4.98 Å². The van der Waals surface area contributed by atoms with Gasteiger partial charge in [-0.2, -0.15) is 0 Å². The van der Waals surface area contributed by atoms with Gasteiger partial charge >= 0.3 is 5.97 Å². The van der Waals surface area contributed by atoms with Gasteiger partial charge in [0.05, 0.1) is 25.3 Å². The first kappa shape index (κ1) is 20.2. The first-order valence-electron chi connectivity index (χ1n) is 10.4. The zero-order valence-electron chi connectivity index (χ0n) is 17.7. The van der Waals surface area contributed by atoms with E-state index in [0.717, 1.165) is 35.6 Å². The molecule has 0 amide bonds. The van der Waals surface area contributed by atoms with E-state index in [1.54, 1.807) is 0 Å². The molecular weight excluding hydrogens is 378 g/mol. The lowest BCUT2D eigenvalue weighted by Gasteiger charge is -2.18. The molecule has 0 radical (unpaired) electrons. The lowest BCUT2D eigenvalue weighted by molar-refractivity contribution is -0.145. The Morgan fingerprint density at radius 2 is 2.03 bits per heavy atom. The van der Waals surface area contributed by atoms with Crippen molar-refractivity contribution in [1.29, 1.82) is 0 Å². The van der Waals surface area contributed by atoms with Crippen LogP contribution in [0.15, 0.2) is 52.9 Å². The second kappa shape index (κ2) is 8.74. The van der Waals surface area contributed by atoms with Gasteiger partial charge < -0.3 is 13.9 Å². The number of oxazole rings is 1. The van der Waals surface area contributed by atoms with Crippen LogP contribution in [0.25, 0.3) is 11.5 Å². The molecule has 0 bridgehead atoms. The highest BCUT2D eigenvalue weighted by Crippen LogP contribution is 2.40. The number of esters is 1. The van der Waals surface area contributed by atoms with Gasteiger partial charge in [0, 0.05) is 12.0 Å². The molecule has 3 aromatic rings. The molecule has 1 aliphatic carbocycles. The van der Waals surface area contributed by atoms with E-state index in [0.29, 0.717) is 18.9 Å². The van der Waals surface area contributed by atoms with Crippen LogP contribution in [0.2, 0.25) is 0 Å². The largest absolute Gasteiger partial charge is 0.493 e. The number of hydrogen-bond acceptors (Lipinski definition) is 5. The van der Waals surface area contributed by atoms with Crippen LogP contribution in [0.1, 0.15) is 41.8 Å². The van der Waals surface area contributed by atoms with E-state index in [4.69, 9.17) is 13.9 Å². The highest BCUT2D eigenvalue weighted by atomic mass is 16.5. The molecule has 0 aliphatic heterocycles. The monoisotopic (exact) mass is 405 g/mol. The Bertz CT molecular complexity index is 1020. The summed E-state index contributed by atoms with van der Waals surface area (Å²) < 4.78 is 16.7. The molecule has 2 atom stereocenters. The molecule has 30 heavy (non-hydrogen) atoms. The van der Waals surface area contributed by atoms with Crippen LogP contribution < -0.4 is 4.74 Å². The van der Waals surface area contributed by atoms with Crippen molar-refractivity contribution in [2.24, 2.45) is 5.92 Å². The topological polar surface area (TPSA) is 61.6 Å². The Morgan fingerprint density at radius 1 is 1.23 bits per heavy atom. The minimum Gasteiger partial charge on any atom is -0.493 e. The first-order valence-corrected chi connectivity index (χ1v) is 10.4. The van der Waals surface area contributed by atoms with Crippen LogP contribution >= 0.6 is 0 Å². The van der Waals surface area contributed by atoms with Crippen molar-refractivity contribution in [3.8, 4) is 17.2 Å². The van der Waals surface area contributed by atoms with Crippen molar-refractivity contribution in [3.63, 3.8) is 0 Å². The molecule has 1 aliphatic rings. The quantitative estimate of drug-likeness (QED) is 0.511. The third-order valence-electron chi connectivity index (χ3n) is 5.94. The number of benzene rings is 2. The summed E-state index contributed by atoms with van der Waals surface area (Å²) in [5.41, 5.74) is 4.39. The van der Waals surface area contributed by atoms with Gasteiger partial charge in [0.1, 0.15) is 11.5 Å². The second-order valence-electron chi connectivity index (χ2n) is 7.80. The number of hydrogen-bond donors (Lipinski definition) is 0. The van der Waals surface area contributed by atoms with Crippen LogP contribution in [0.3, 0.4) is 0 Å². The average molecular weight is 405 g/mol. The zero-order valence-corrected chi connectivity index (χ0v) is 17.7. The maximum Gasteiger partial charge on any atom is 0.308 e. The number of rotatable bonds is 7. The van der Waals surface area contributed by atoms with E-state index in [9.17, 15) is 4.79 Å². The normalized spacial score (nSPS) is 16.2. The number of carbonyl (C=O) groups is 1. The minimum absolute atomic E-state index is 0.128. The fraction of sp³-hybridized carbons (Fsp3) is 0.360. The third-order valence-corrected chi connectivity index (χ3v) is 5.94. The number of carbonyl (C=O) groups excluding carboxylic acids is 1. The van der Waals surface area contributed by atoms with Gasteiger partial charge in [-0.15, -0.1) is 0 Å². The molecule has 0 saturated heterocycles. The lowest BCUT2D eigenvalue weighted by atomic mass is 9.89. The fourth-order valence-electron chi connectivity index (χ4n) is 4.22. The van der Waals surface area contributed by atoms with Gasteiger partial charge in [-0.05, 0) is 61.1 Å². The number of fused-ring (bicyclic) bond motifs is 1. The average Bonchev–Trinajstić information content (AvgIpc) is 3.36. The van der Waals surface area contributed by atoms with Crippen LogP contribution in [0.4, 0.5) is 0 Å². The summed E-state index contributed by atoms with van der Waals surface area (Å²) in [6.45, 7) is 4.41. The highest BCUT2D eigenvalue weighted by molar-refractivity contribution is 5.73. The van der Waals surface area contributed by atoms with E-state index in [2.05, 4.69) is 17.1 Å². The lowest BCUT2D eigenvalue weighted by Crippen LogP contribution is -2.19. The Morgan fingerprint density at radius 3 is 2.80 bits per heavy atom. The molecule has 0 fully saturated rings. The smallest absolute Gasteiger partial charge is 0.308 e. The summed E-state index contributed by atoms with van der Waals surface area (Å²) in [5.74, 6) is 2.26. The molecule has 0 N–H and O–H groups in total. The third kappa shape index (κ3) is 4.11. The van der Waals surface area contributed by atoms with E-state index < -0.39 is 0 Å².